The summed E-state index contributed by atoms with van der Waals surface area (Å²) in [5.41, 5.74) is 4.46. The smallest absolute Gasteiger partial charge is 0.264 e. The van der Waals surface area contributed by atoms with Gasteiger partial charge in [-0.2, -0.15) is 13.0 Å². The molecule has 6 rings (SSSR count). The second-order valence-corrected chi connectivity index (χ2v) is 15.0. The van der Waals surface area contributed by atoms with Gasteiger partial charge in [0, 0.05) is 46.7 Å². The highest BCUT2D eigenvalue weighted by molar-refractivity contribution is 8.14. The average molecular weight is 587 g/mol. The standard InChI is InChI=1S/C31H28N3O3PS2/c1-33-17-16-32-31(33)27-20-24(25-12-5-6-13-26(25)34(27)22-23-10-3-2-4-11-23)21-30-38(18-9-19-40(35,36)37)28-14-7-8-15-29(28)39-30/h2-8,10-17,20-21H,9,18-19,22H2,1H3/p+1. The van der Waals surface area contributed by atoms with E-state index < -0.39 is 18.0 Å². The number of pyridine rings is 1. The van der Waals surface area contributed by atoms with Gasteiger partial charge < -0.3 is 4.57 Å². The number of para-hydroxylation sites is 1. The Kier molecular flexibility index (Phi) is 7.60. The van der Waals surface area contributed by atoms with Gasteiger partial charge in [-0.25, -0.2) is 4.98 Å². The molecule has 3 aromatic carbocycles. The third-order valence-electron chi connectivity index (χ3n) is 7.02. The van der Waals surface area contributed by atoms with Crippen molar-refractivity contribution in [2.45, 2.75) is 17.9 Å². The lowest BCUT2D eigenvalue weighted by atomic mass is 10.1. The van der Waals surface area contributed by atoms with Gasteiger partial charge in [0.2, 0.25) is 17.0 Å². The fourth-order valence-corrected chi connectivity index (χ4v) is 10.5. The summed E-state index contributed by atoms with van der Waals surface area (Å²) >= 11 is 1.77. The van der Waals surface area contributed by atoms with Gasteiger partial charge in [-0.15, -0.1) is 0 Å². The molecule has 1 aliphatic rings. The second-order valence-electron chi connectivity index (χ2n) is 9.78. The molecule has 6 nitrogen and oxygen atoms in total. The van der Waals surface area contributed by atoms with E-state index in [0.29, 0.717) is 19.1 Å². The van der Waals surface area contributed by atoms with Gasteiger partial charge in [-0.3, -0.25) is 4.55 Å². The summed E-state index contributed by atoms with van der Waals surface area (Å²) in [6, 6.07) is 29.5. The lowest BCUT2D eigenvalue weighted by molar-refractivity contribution is -0.651. The Balaban J connectivity index is 1.50. The molecular formula is C31H29N3O3PS2+. The van der Waals surface area contributed by atoms with Crippen molar-refractivity contribution >= 4 is 52.1 Å². The summed E-state index contributed by atoms with van der Waals surface area (Å²) < 4.78 is 37.8. The van der Waals surface area contributed by atoms with Crippen LogP contribution in [0.3, 0.4) is 0 Å². The number of aromatic nitrogens is 3. The molecule has 0 bridgehead atoms. The van der Waals surface area contributed by atoms with Crippen LogP contribution in [0.5, 0.6) is 0 Å². The molecule has 0 aliphatic carbocycles. The summed E-state index contributed by atoms with van der Waals surface area (Å²) in [6.07, 6.45) is 7.20. The van der Waals surface area contributed by atoms with E-state index in [9.17, 15) is 13.0 Å². The van der Waals surface area contributed by atoms with Crippen molar-refractivity contribution in [3.05, 3.63) is 113 Å². The highest BCUT2D eigenvalue weighted by atomic mass is 32.2. The summed E-state index contributed by atoms with van der Waals surface area (Å²) in [7, 11) is -2.72. The molecule has 0 radical (unpaired) electrons. The molecule has 1 aliphatic heterocycles. The fourth-order valence-electron chi connectivity index (χ4n) is 5.17. The van der Waals surface area contributed by atoms with E-state index in [1.807, 2.05) is 42.2 Å². The number of rotatable bonds is 8. The Morgan fingerprint density at radius 3 is 2.55 bits per heavy atom. The van der Waals surface area contributed by atoms with E-state index in [1.165, 1.54) is 20.4 Å². The van der Waals surface area contributed by atoms with Gasteiger partial charge in [-0.05, 0) is 49.6 Å². The first-order valence-electron chi connectivity index (χ1n) is 13.1. The fraction of sp³-hybridized carbons (Fsp3) is 0.161. The number of imidazole rings is 1. The highest BCUT2D eigenvalue weighted by Gasteiger charge is 2.29. The van der Waals surface area contributed by atoms with Crippen molar-refractivity contribution in [2.75, 3.05) is 11.9 Å². The predicted octanol–water partition coefficient (Wildman–Crippen LogP) is 6.07. The Bertz CT molecular complexity index is 1840. The minimum absolute atomic E-state index is 0.219. The maximum Gasteiger partial charge on any atom is 0.264 e. The number of hydrogen-bond donors (Lipinski definition) is 1. The molecule has 1 N–H and O–H groups in total. The monoisotopic (exact) mass is 586 g/mol. The molecule has 0 spiro atoms. The first-order valence-corrected chi connectivity index (χ1v) is 17.0. The first kappa shape index (κ1) is 26.9. The van der Waals surface area contributed by atoms with Crippen LogP contribution >= 0.6 is 19.7 Å². The topological polar surface area (TPSA) is 76.1 Å². The van der Waals surface area contributed by atoms with Gasteiger partial charge in [0.1, 0.15) is 0 Å². The molecule has 1 atom stereocenters. The van der Waals surface area contributed by atoms with Crippen LogP contribution in [0.25, 0.3) is 28.5 Å². The minimum Gasteiger partial charge on any atom is -0.329 e. The van der Waals surface area contributed by atoms with E-state index in [-0.39, 0.29) is 5.75 Å². The zero-order valence-corrected chi connectivity index (χ0v) is 24.5. The lowest BCUT2D eigenvalue weighted by Crippen LogP contribution is -2.38. The third-order valence-corrected chi connectivity index (χ3v) is 12.2. The number of aryl methyl sites for hydroxylation is 1. The quantitative estimate of drug-likeness (QED) is 0.136. The summed E-state index contributed by atoms with van der Waals surface area (Å²) in [5, 5.41) is 2.42. The number of benzene rings is 3. The van der Waals surface area contributed by atoms with Gasteiger partial charge in [0.15, 0.2) is 6.54 Å². The number of fused-ring (bicyclic) bond motifs is 2. The third kappa shape index (κ3) is 5.63. The predicted molar refractivity (Wildman–Crippen MR) is 165 cm³/mol. The molecule has 0 amide bonds. The van der Waals surface area contributed by atoms with Crippen molar-refractivity contribution in [1.82, 2.24) is 9.55 Å². The van der Waals surface area contributed by atoms with Crippen molar-refractivity contribution in [1.29, 1.82) is 0 Å². The SMILES string of the molecule is Cn1ccnc1-c1cc(C=C2Sc3ccccc3P2CCCS(=O)(=O)O)c2ccccc2[n+]1Cc1ccccc1. The Morgan fingerprint density at radius 2 is 1.77 bits per heavy atom. The summed E-state index contributed by atoms with van der Waals surface area (Å²) in [5.74, 6) is 0.669. The first-order chi connectivity index (χ1) is 19.4. The highest BCUT2D eigenvalue weighted by Crippen LogP contribution is 2.60. The normalized spacial score (nSPS) is 16.1. The van der Waals surface area contributed by atoms with Gasteiger partial charge >= 0.3 is 0 Å². The number of hydrogen-bond acceptors (Lipinski definition) is 4. The zero-order valence-electron chi connectivity index (χ0n) is 22.0. The van der Waals surface area contributed by atoms with E-state index in [2.05, 4.69) is 77.4 Å². The summed E-state index contributed by atoms with van der Waals surface area (Å²) in [6.45, 7) is 0.711. The Morgan fingerprint density at radius 1 is 1.02 bits per heavy atom. The van der Waals surface area contributed by atoms with Crippen molar-refractivity contribution < 1.29 is 17.5 Å². The van der Waals surface area contributed by atoms with Crippen molar-refractivity contribution in [3.8, 4) is 11.5 Å². The van der Waals surface area contributed by atoms with Crippen molar-refractivity contribution in [2.24, 2.45) is 7.05 Å². The summed E-state index contributed by atoms with van der Waals surface area (Å²) in [4.78, 5) is 5.94. The van der Waals surface area contributed by atoms with Crippen LogP contribution in [-0.4, -0.2) is 34.4 Å². The van der Waals surface area contributed by atoms with Crippen LogP contribution in [0.15, 0.2) is 107 Å². The van der Waals surface area contributed by atoms with Crippen LogP contribution in [-0.2, 0) is 23.7 Å². The molecule has 5 aromatic rings. The van der Waals surface area contributed by atoms with E-state index in [4.69, 9.17) is 4.98 Å². The van der Waals surface area contributed by atoms with Crippen molar-refractivity contribution in [3.63, 3.8) is 0 Å². The van der Waals surface area contributed by atoms with Gasteiger partial charge in [0.25, 0.3) is 10.1 Å². The molecule has 0 saturated heterocycles. The molecule has 0 fully saturated rings. The van der Waals surface area contributed by atoms with Crippen LogP contribution in [0.2, 0.25) is 0 Å². The zero-order chi connectivity index (χ0) is 27.7. The Hall–Kier alpha value is -3.29. The van der Waals surface area contributed by atoms with E-state index >= 15 is 0 Å². The van der Waals surface area contributed by atoms with E-state index in [1.54, 1.807) is 11.8 Å². The molecular weight excluding hydrogens is 557 g/mol. The largest absolute Gasteiger partial charge is 0.329 e. The maximum absolute atomic E-state index is 11.4. The van der Waals surface area contributed by atoms with Crippen LogP contribution in [0.1, 0.15) is 17.5 Å². The van der Waals surface area contributed by atoms with Gasteiger partial charge in [0.05, 0.1) is 11.1 Å². The molecule has 9 heteroatoms. The maximum atomic E-state index is 11.4. The molecule has 0 saturated carbocycles. The average Bonchev–Trinajstić information content (AvgIpc) is 3.53. The lowest BCUT2D eigenvalue weighted by Gasteiger charge is -2.15. The van der Waals surface area contributed by atoms with Crippen LogP contribution in [0, 0.1) is 0 Å². The van der Waals surface area contributed by atoms with Gasteiger partial charge in [-0.1, -0.05) is 72.4 Å². The molecule has 40 heavy (non-hydrogen) atoms. The molecule has 3 heterocycles. The number of nitrogens with zero attached hydrogens (tertiary/aromatic N) is 3. The minimum atomic E-state index is -3.99. The molecule has 1 unspecified atom stereocenters. The van der Waals surface area contributed by atoms with Crippen LogP contribution < -0.4 is 9.87 Å². The molecule has 2 aromatic heterocycles. The number of thioether (sulfide) groups is 1. The molecule has 202 valence electrons. The van der Waals surface area contributed by atoms with E-state index in [0.717, 1.165) is 28.0 Å². The second kappa shape index (κ2) is 11.3. The van der Waals surface area contributed by atoms with Crippen LogP contribution in [0.4, 0.5) is 0 Å². The Labute approximate surface area is 239 Å².